The molecule has 1 heterocycles. The SMILES string of the molecule is CC(C)CNC(=O)[C@H](C)Sc1nnc(Cc2ccc(F)cc2)n1N. The van der Waals surface area contributed by atoms with E-state index in [1.807, 2.05) is 13.8 Å². The Labute approximate surface area is 145 Å². The molecular weight excluding hydrogens is 329 g/mol. The largest absolute Gasteiger partial charge is 0.355 e. The molecule has 0 aliphatic heterocycles. The van der Waals surface area contributed by atoms with E-state index in [1.165, 1.54) is 28.6 Å². The number of nitrogen functional groups attached to an aromatic ring is 1. The predicted molar refractivity (Wildman–Crippen MR) is 92.5 cm³/mol. The molecular formula is C16H22FN5OS. The van der Waals surface area contributed by atoms with Crippen LogP contribution >= 0.6 is 11.8 Å². The summed E-state index contributed by atoms with van der Waals surface area (Å²) in [7, 11) is 0. The van der Waals surface area contributed by atoms with Crippen molar-refractivity contribution in [1.82, 2.24) is 20.2 Å². The lowest BCUT2D eigenvalue weighted by Gasteiger charge is -2.12. The highest BCUT2D eigenvalue weighted by Gasteiger charge is 2.19. The van der Waals surface area contributed by atoms with Gasteiger partial charge in [0.25, 0.3) is 0 Å². The highest BCUT2D eigenvalue weighted by atomic mass is 32.2. The second-order valence-electron chi connectivity index (χ2n) is 5.97. The summed E-state index contributed by atoms with van der Waals surface area (Å²) in [6, 6.07) is 6.14. The lowest BCUT2D eigenvalue weighted by molar-refractivity contribution is -0.120. The lowest BCUT2D eigenvalue weighted by Crippen LogP contribution is -2.33. The number of carbonyl (C=O) groups excluding carboxylic acids is 1. The van der Waals surface area contributed by atoms with Gasteiger partial charge < -0.3 is 11.2 Å². The molecule has 0 aliphatic rings. The molecule has 0 unspecified atom stereocenters. The van der Waals surface area contributed by atoms with E-state index in [9.17, 15) is 9.18 Å². The van der Waals surface area contributed by atoms with E-state index in [0.717, 1.165) is 5.56 Å². The van der Waals surface area contributed by atoms with Gasteiger partial charge in [0.05, 0.1) is 5.25 Å². The lowest BCUT2D eigenvalue weighted by atomic mass is 10.1. The maximum atomic E-state index is 12.9. The summed E-state index contributed by atoms with van der Waals surface area (Å²) in [6.45, 7) is 6.51. The monoisotopic (exact) mass is 351 g/mol. The van der Waals surface area contributed by atoms with Crippen molar-refractivity contribution >= 4 is 17.7 Å². The van der Waals surface area contributed by atoms with E-state index < -0.39 is 0 Å². The van der Waals surface area contributed by atoms with E-state index in [-0.39, 0.29) is 17.0 Å². The Morgan fingerprint density at radius 2 is 1.96 bits per heavy atom. The number of hydrogen-bond acceptors (Lipinski definition) is 5. The van der Waals surface area contributed by atoms with E-state index >= 15 is 0 Å². The van der Waals surface area contributed by atoms with E-state index in [4.69, 9.17) is 5.84 Å². The van der Waals surface area contributed by atoms with Crippen LogP contribution in [0.2, 0.25) is 0 Å². The van der Waals surface area contributed by atoms with Gasteiger partial charge in [-0.3, -0.25) is 4.79 Å². The molecule has 8 heteroatoms. The van der Waals surface area contributed by atoms with Gasteiger partial charge in [-0.05, 0) is 30.5 Å². The summed E-state index contributed by atoms with van der Waals surface area (Å²) in [5.41, 5.74) is 0.884. The van der Waals surface area contributed by atoms with Crippen molar-refractivity contribution in [2.45, 2.75) is 37.6 Å². The standard InChI is InChI=1S/C16H22FN5OS/c1-10(2)9-19-15(23)11(3)24-16-21-20-14(22(16)18)8-12-4-6-13(17)7-5-12/h4-7,10-11H,8-9,18H2,1-3H3,(H,19,23)/t11-/m0/s1. The molecule has 1 aromatic heterocycles. The molecule has 2 rings (SSSR count). The normalized spacial score (nSPS) is 12.4. The van der Waals surface area contributed by atoms with Gasteiger partial charge in [0.1, 0.15) is 5.82 Å². The van der Waals surface area contributed by atoms with E-state index in [0.29, 0.717) is 29.9 Å². The van der Waals surface area contributed by atoms with Crippen LogP contribution in [-0.4, -0.2) is 32.6 Å². The molecule has 130 valence electrons. The quantitative estimate of drug-likeness (QED) is 0.588. The van der Waals surface area contributed by atoms with Crippen LogP contribution in [0.25, 0.3) is 0 Å². The number of aromatic nitrogens is 3. The molecule has 3 N–H and O–H groups in total. The van der Waals surface area contributed by atoms with Crippen molar-refractivity contribution in [1.29, 1.82) is 0 Å². The molecule has 0 fully saturated rings. The minimum Gasteiger partial charge on any atom is -0.355 e. The van der Waals surface area contributed by atoms with Crippen LogP contribution < -0.4 is 11.2 Å². The minimum atomic E-state index is -0.325. The molecule has 1 aromatic carbocycles. The molecule has 0 saturated carbocycles. The topological polar surface area (TPSA) is 85.8 Å². The van der Waals surface area contributed by atoms with Crippen molar-refractivity contribution in [2.24, 2.45) is 5.92 Å². The van der Waals surface area contributed by atoms with Gasteiger partial charge in [-0.15, -0.1) is 10.2 Å². The highest BCUT2D eigenvalue weighted by Crippen LogP contribution is 2.21. The predicted octanol–water partition coefficient (Wildman–Crippen LogP) is 1.97. The van der Waals surface area contributed by atoms with Gasteiger partial charge in [-0.1, -0.05) is 37.7 Å². The van der Waals surface area contributed by atoms with Crippen LogP contribution in [0.5, 0.6) is 0 Å². The average molecular weight is 351 g/mol. The number of rotatable bonds is 7. The second kappa shape index (κ2) is 8.14. The Bertz CT molecular complexity index is 686. The summed E-state index contributed by atoms with van der Waals surface area (Å²) < 4.78 is 14.3. The zero-order valence-corrected chi connectivity index (χ0v) is 14.8. The van der Waals surface area contributed by atoms with Crippen LogP contribution in [0.4, 0.5) is 4.39 Å². The summed E-state index contributed by atoms with van der Waals surface area (Å²) >= 11 is 1.26. The van der Waals surface area contributed by atoms with Gasteiger partial charge in [0, 0.05) is 13.0 Å². The van der Waals surface area contributed by atoms with Crippen LogP contribution in [0, 0.1) is 11.7 Å². The van der Waals surface area contributed by atoms with Crippen molar-refractivity contribution in [3.8, 4) is 0 Å². The molecule has 1 atom stereocenters. The molecule has 0 spiro atoms. The van der Waals surface area contributed by atoms with Gasteiger partial charge >= 0.3 is 0 Å². The smallest absolute Gasteiger partial charge is 0.233 e. The number of benzene rings is 1. The molecule has 0 saturated heterocycles. The number of amides is 1. The third kappa shape index (κ3) is 4.95. The molecule has 0 aliphatic carbocycles. The molecule has 2 aromatic rings. The summed E-state index contributed by atoms with van der Waals surface area (Å²) in [5.74, 6) is 6.62. The Hall–Kier alpha value is -2.09. The number of nitrogens with one attached hydrogen (secondary N) is 1. The molecule has 1 amide bonds. The fraction of sp³-hybridized carbons (Fsp3) is 0.438. The minimum absolute atomic E-state index is 0.0585. The first kappa shape index (κ1) is 18.3. The van der Waals surface area contributed by atoms with Crippen molar-refractivity contribution in [3.63, 3.8) is 0 Å². The van der Waals surface area contributed by atoms with Crippen LogP contribution in [0.15, 0.2) is 29.4 Å². The van der Waals surface area contributed by atoms with Gasteiger partial charge in [-0.2, -0.15) is 0 Å². The highest BCUT2D eigenvalue weighted by molar-refractivity contribution is 8.00. The third-order valence-electron chi connectivity index (χ3n) is 3.35. The zero-order valence-electron chi connectivity index (χ0n) is 14.0. The number of hydrogen-bond donors (Lipinski definition) is 2. The van der Waals surface area contributed by atoms with Gasteiger partial charge in [0.15, 0.2) is 5.82 Å². The molecule has 6 nitrogen and oxygen atoms in total. The Morgan fingerprint density at radius 1 is 1.29 bits per heavy atom. The van der Waals surface area contributed by atoms with Crippen molar-refractivity contribution in [3.05, 3.63) is 41.5 Å². The van der Waals surface area contributed by atoms with Gasteiger partial charge in [0.2, 0.25) is 11.1 Å². The van der Waals surface area contributed by atoms with Gasteiger partial charge in [-0.25, -0.2) is 9.07 Å². The summed E-state index contributed by atoms with van der Waals surface area (Å²) in [4.78, 5) is 12.0. The first-order chi connectivity index (χ1) is 11.4. The second-order valence-corrected chi connectivity index (χ2v) is 7.28. The number of thioether (sulfide) groups is 1. The van der Waals surface area contributed by atoms with Crippen LogP contribution in [-0.2, 0) is 11.2 Å². The summed E-state index contributed by atoms with van der Waals surface area (Å²) in [5, 5.41) is 11.1. The van der Waals surface area contributed by atoms with Crippen LogP contribution in [0.1, 0.15) is 32.2 Å². The Kier molecular flexibility index (Phi) is 6.19. The summed E-state index contributed by atoms with van der Waals surface area (Å²) in [6.07, 6.45) is 0.443. The molecule has 0 radical (unpaired) electrons. The fourth-order valence-corrected chi connectivity index (χ4v) is 2.77. The molecule has 24 heavy (non-hydrogen) atoms. The van der Waals surface area contributed by atoms with Crippen molar-refractivity contribution < 1.29 is 9.18 Å². The number of nitrogens with two attached hydrogens (primary N) is 1. The Morgan fingerprint density at radius 3 is 2.58 bits per heavy atom. The number of halogens is 1. The van der Waals surface area contributed by atoms with E-state index in [1.54, 1.807) is 19.1 Å². The Balaban J connectivity index is 1.98. The number of carbonyl (C=O) groups is 1. The average Bonchev–Trinajstić information content (AvgIpc) is 2.87. The van der Waals surface area contributed by atoms with E-state index in [2.05, 4.69) is 15.5 Å². The first-order valence-electron chi connectivity index (χ1n) is 7.75. The fourth-order valence-electron chi connectivity index (χ4n) is 1.95. The number of nitrogens with zero attached hydrogens (tertiary/aromatic N) is 3. The molecule has 0 bridgehead atoms. The zero-order chi connectivity index (χ0) is 17.7. The maximum absolute atomic E-state index is 12.9. The maximum Gasteiger partial charge on any atom is 0.233 e. The van der Waals surface area contributed by atoms with Crippen molar-refractivity contribution in [2.75, 3.05) is 12.4 Å². The van der Waals surface area contributed by atoms with Crippen LogP contribution in [0.3, 0.4) is 0 Å². The third-order valence-corrected chi connectivity index (χ3v) is 4.40. The first-order valence-corrected chi connectivity index (χ1v) is 8.63.